The van der Waals surface area contributed by atoms with E-state index in [-0.39, 0.29) is 5.82 Å². The molecule has 1 aromatic heterocycles. The minimum Gasteiger partial charge on any atom is -0.330 e. The fourth-order valence-corrected chi connectivity index (χ4v) is 2.62. The summed E-state index contributed by atoms with van der Waals surface area (Å²) in [6.45, 7) is 0. The molecule has 5 heteroatoms. The molecule has 0 saturated carbocycles. The number of aromatic amines is 1. The summed E-state index contributed by atoms with van der Waals surface area (Å²) in [5.74, 6) is -0.294. The number of benzene rings is 2. The van der Waals surface area contributed by atoms with Crippen LogP contribution in [0.1, 0.15) is 0 Å². The Kier molecular flexibility index (Phi) is 2.80. The van der Waals surface area contributed by atoms with Gasteiger partial charge in [0, 0.05) is 4.47 Å². The lowest BCUT2D eigenvalue weighted by Gasteiger charge is -2.05. The zero-order chi connectivity index (χ0) is 12.7. The van der Waals surface area contributed by atoms with Crippen LogP contribution in [0.4, 0.5) is 4.39 Å². The zero-order valence-electron chi connectivity index (χ0n) is 9.15. The number of aromatic nitrogens is 2. The van der Waals surface area contributed by atoms with Gasteiger partial charge in [0.15, 0.2) is 4.77 Å². The van der Waals surface area contributed by atoms with Gasteiger partial charge >= 0.3 is 0 Å². The van der Waals surface area contributed by atoms with Crippen LogP contribution in [-0.2, 0) is 0 Å². The molecule has 0 amide bonds. The Morgan fingerprint density at radius 3 is 2.72 bits per heavy atom. The maximum atomic E-state index is 13.8. The fraction of sp³-hybridized carbons (Fsp3) is 0. The highest BCUT2D eigenvalue weighted by Gasteiger charge is 2.09. The molecule has 3 aromatic rings. The Morgan fingerprint density at radius 2 is 1.94 bits per heavy atom. The van der Waals surface area contributed by atoms with Gasteiger partial charge in [-0.2, -0.15) is 0 Å². The van der Waals surface area contributed by atoms with E-state index in [1.54, 1.807) is 22.8 Å². The van der Waals surface area contributed by atoms with E-state index in [2.05, 4.69) is 20.9 Å². The first-order chi connectivity index (χ1) is 8.66. The van der Waals surface area contributed by atoms with E-state index < -0.39 is 0 Å². The minimum atomic E-state index is -0.294. The van der Waals surface area contributed by atoms with Gasteiger partial charge < -0.3 is 4.98 Å². The van der Waals surface area contributed by atoms with E-state index in [1.165, 1.54) is 6.07 Å². The highest BCUT2D eigenvalue weighted by atomic mass is 79.9. The topological polar surface area (TPSA) is 20.7 Å². The molecule has 0 radical (unpaired) electrons. The van der Waals surface area contributed by atoms with E-state index >= 15 is 0 Å². The third-order valence-electron chi connectivity index (χ3n) is 2.74. The molecule has 0 atom stereocenters. The van der Waals surface area contributed by atoms with Gasteiger partial charge in [0.2, 0.25) is 0 Å². The molecule has 3 rings (SSSR count). The molecule has 2 nitrogen and oxygen atoms in total. The lowest BCUT2D eigenvalue weighted by atomic mass is 10.2. The van der Waals surface area contributed by atoms with Crippen LogP contribution in [0.2, 0.25) is 0 Å². The Morgan fingerprint density at radius 1 is 1.17 bits per heavy atom. The van der Waals surface area contributed by atoms with Gasteiger partial charge in [-0.15, -0.1) is 0 Å². The van der Waals surface area contributed by atoms with Crippen molar-refractivity contribution >= 4 is 39.2 Å². The van der Waals surface area contributed by atoms with Crippen molar-refractivity contribution in [2.24, 2.45) is 0 Å². The largest absolute Gasteiger partial charge is 0.330 e. The predicted octanol–water partition coefficient (Wildman–Crippen LogP) is 4.59. The normalized spacial score (nSPS) is 11.0. The average molecular weight is 323 g/mol. The van der Waals surface area contributed by atoms with Gasteiger partial charge in [0.1, 0.15) is 5.82 Å². The van der Waals surface area contributed by atoms with Gasteiger partial charge in [0.05, 0.1) is 16.7 Å². The molecule has 0 saturated heterocycles. The molecule has 0 unspecified atom stereocenters. The van der Waals surface area contributed by atoms with E-state index in [4.69, 9.17) is 12.2 Å². The summed E-state index contributed by atoms with van der Waals surface area (Å²) >= 11 is 8.66. The van der Waals surface area contributed by atoms with Crippen molar-refractivity contribution in [2.75, 3.05) is 0 Å². The summed E-state index contributed by atoms with van der Waals surface area (Å²) in [7, 11) is 0. The van der Waals surface area contributed by atoms with Crippen LogP contribution >= 0.6 is 28.1 Å². The molecule has 0 aliphatic heterocycles. The second-order valence-electron chi connectivity index (χ2n) is 3.88. The summed E-state index contributed by atoms with van der Waals surface area (Å²) in [6.07, 6.45) is 0. The molecule has 0 spiro atoms. The van der Waals surface area contributed by atoms with E-state index in [0.29, 0.717) is 10.5 Å². The molecule has 0 aliphatic carbocycles. The molecule has 90 valence electrons. The summed E-state index contributed by atoms with van der Waals surface area (Å²) in [5.41, 5.74) is 2.18. The number of para-hydroxylation sites is 1. The summed E-state index contributed by atoms with van der Waals surface area (Å²) < 4.78 is 17.0. The maximum Gasteiger partial charge on any atom is 0.182 e. The van der Waals surface area contributed by atoms with Gasteiger partial charge in [-0.05, 0) is 42.5 Å². The Bertz CT molecular complexity index is 791. The number of fused-ring (bicyclic) bond motifs is 1. The van der Waals surface area contributed by atoms with Gasteiger partial charge in [0.25, 0.3) is 0 Å². The molecule has 1 N–H and O–H groups in total. The van der Waals surface area contributed by atoms with Crippen molar-refractivity contribution in [2.45, 2.75) is 0 Å². The fourth-order valence-electron chi connectivity index (χ4n) is 1.96. The molecule has 2 aromatic carbocycles. The quantitative estimate of drug-likeness (QED) is 0.650. The Balaban J connectivity index is 2.40. The molecular weight excluding hydrogens is 315 g/mol. The van der Waals surface area contributed by atoms with Crippen molar-refractivity contribution in [1.82, 2.24) is 9.55 Å². The zero-order valence-corrected chi connectivity index (χ0v) is 11.6. The highest BCUT2D eigenvalue weighted by Crippen LogP contribution is 2.24. The molecular formula is C13H8BrFN2S. The van der Waals surface area contributed by atoms with Crippen molar-refractivity contribution < 1.29 is 4.39 Å². The molecule has 0 bridgehead atoms. The number of H-pyrrole nitrogens is 1. The van der Waals surface area contributed by atoms with Crippen LogP contribution in [0.3, 0.4) is 0 Å². The number of rotatable bonds is 1. The van der Waals surface area contributed by atoms with E-state index in [0.717, 1.165) is 15.5 Å². The number of nitrogens with one attached hydrogen (secondary N) is 1. The molecule has 18 heavy (non-hydrogen) atoms. The first-order valence-electron chi connectivity index (χ1n) is 5.32. The molecule has 0 fully saturated rings. The van der Waals surface area contributed by atoms with Crippen LogP contribution in [0.15, 0.2) is 46.9 Å². The maximum absolute atomic E-state index is 13.8. The number of hydrogen-bond acceptors (Lipinski definition) is 1. The van der Waals surface area contributed by atoms with Crippen LogP contribution < -0.4 is 0 Å². The second-order valence-corrected chi connectivity index (χ2v) is 5.18. The number of halogens is 2. The predicted molar refractivity (Wildman–Crippen MR) is 76.1 cm³/mol. The third kappa shape index (κ3) is 1.79. The van der Waals surface area contributed by atoms with Crippen LogP contribution in [0, 0.1) is 10.6 Å². The summed E-state index contributed by atoms with van der Waals surface area (Å²) in [6, 6.07) is 12.3. The smallest absolute Gasteiger partial charge is 0.182 e. The Labute approximate surface area is 116 Å². The summed E-state index contributed by atoms with van der Waals surface area (Å²) in [5, 5.41) is 0. The van der Waals surface area contributed by atoms with Gasteiger partial charge in [-0.25, -0.2) is 4.39 Å². The van der Waals surface area contributed by atoms with Crippen LogP contribution in [-0.4, -0.2) is 9.55 Å². The number of hydrogen-bond donors (Lipinski definition) is 1. The van der Waals surface area contributed by atoms with Crippen molar-refractivity contribution in [3.05, 3.63) is 57.5 Å². The summed E-state index contributed by atoms with van der Waals surface area (Å²) in [4.78, 5) is 3.07. The standard InChI is InChI=1S/C13H8BrFN2S/c14-8-5-6-12-10(7-8)16-13(18)17(12)11-4-2-1-3-9(11)15/h1-7H,(H,16,18). The Hall–Kier alpha value is -1.46. The SMILES string of the molecule is Fc1ccccc1-n1c(=S)[nH]c2cc(Br)ccc21. The lowest BCUT2D eigenvalue weighted by molar-refractivity contribution is 0.619. The third-order valence-corrected chi connectivity index (χ3v) is 3.52. The first-order valence-corrected chi connectivity index (χ1v) is 6.52. The second kappa shape index (κ2) is 4.33. The number of nitrogens with zero attached hydrogens (tertiary/aromatic N) is 1. The van der Waals surface area contributed by atoms with Crippen molar-refractivity contribution in [3.63, 3.8) is 0 Å². The monoisotopic (exact) mass is 322 g/mol. The first kappa shape index (κ1) is 11.6. The minimum absolute atomic E-state index is 0.294. The van der Waals surface area contributed by atoms with E-state index in [9.17, 15) is 4.39 Å². The van der Waals surface area contributed by atoms with E-state index in [1.807, 2.05) is 18.2 Å². The highest BCUT2D eigenvalue weighted by molar-refractivity contribution is 9.10. The van der Waals surface area contributed by atoms with Crippen LogP contribution in [0.5, 0.6) is 0 Å². The van der Waals surface area contributed by atoms with Crippen molar-refractivity contribution in [3.8, 4) is 5.69 Å². The molecule has 1 heterocycles. The average Bonchev–Trinajstić information content (AvgIpc) is 2.65. The van der Waals surface area contributed by atoms with Gasteiger partial charge in [-0.1, -0.05) is 28.1 Å². The lowest BCUT2D eigenvalue weighted by Crippen LogP contribution is -1.97. The van der Waals surface area contributed by atoms with Gasteiger partial charge in [-0.3, -0.25) is 4.57 Å². The molecule has 0 aliphatic rings. The van der Waals surface area contributed by atoms with Crippen LogP contribution in [0.25, 0.3) is 16.7 Å². The number of imidazole rings is 1. The van der Waals surface area contributed by atoms with Crippen molar-refractivity contribution in [1.29, 1.82) is 0 Å².